The third-order valence-corrected chi connectivity index (χ3v) is 14.2. The van der Waals surface area contributed by atoms with Gasteiger partial charge < -0.3 is 52.4 Å². The first-order valence-corrected chi connectivity index (χ1v) is 20.9. The first-order valence-electron chi connectivity index (χ1n) is 18.0. The van der Waals surface area contributed by atoms with Crippen LogP contribution >= 0.6 is 0 Å². The number of ether oxygens (including phenoxy) is 9. The first kappa shape index (κ1) is 42.1. The minimum absolute atomic E-state index is 0.0867. The fraction of sp³-hybridized carbons (Fsp3) is 0.917. The van der Waals surface area contributed by atoms with Gasteiger partial charge in [0.15, 0.2) is 38.6 Å². The molecule has 15 heteroatoms. The molecule has 4 fully saturated rings. The lowest BCUT2D eigenvalue weighted by Crippen LogP contribution is -2.68. The van der Waals surface area contributed by atoms with Crippen molar-refractivity contribution in [3.8, 4) is 0 Å². The molecule has 1 amide bonds. The molecule has 0 bridgehead atoms. The van der Waals surface area contributed by atoms with E-state index in [1.165, 1.54) is 6.92 Å². The van der Waals surface area contributed by atoms with Gasteiger partial charge in [-0.1, -0.05) is 20.8 Å². The molecule has 14 nitrogen and oxygen atoms in total. The number of fused-ring (bicyclic) bond motifs is 3. The number of hydrogen-bond acceptors (Lipinski definition) is 13. The van der Waals surface area contributed by atoms with Gasteiger partial charge in [-0.2, -0.15) is 0 Å². The lowest BCUT2D eigenvalue weighted by Gasteiger charge is -2.50. The van der Waals surface area contributed by atoms with Crippen molar-refractivity contribution >= 4 is 26.2 Å². The van der Waals surface area contributed by atoms with Crippen molar-refractivity contribution in [2.75, 3.05) is 13.2 Å². The number of carbonyl (C=O) groups excluding carboxylic acids is 3. The van der Waals surface area contributed by atoms with Gasteiger partial charge in [-0.05, 0) is 87.4 Å². The third-order valence-electron chi connectivity index (χ3n) is 9.78. The van der Waals surface area contributed by atoms with Crippen LogP contribution in [0.15, 0.2) is 0 Å². The Bertz CT molecular complexity index is 1280. The fourth-order valence-corrected chi connectivity index (χ4v) is 7.38. The molecule has 0 aromatic rings. The van der Waals surface area contributed by atoms with Gasteiger partial charge in [0, 0.05) is 6.92 Å². The van der Waals surface area contributed by atoms with Crippen molar-refractivity contribution in [2.45, 2.75) is 188 Å². The van der Waals surface area contributed by atoms with Crippen molar-refractivity contribution < 1.29 is 61.4 Å². The van der Waals surface area contributed by atoms with Gasteiger partial charge in [0.1, 0.15) is 49.3 Å². The van der Waals surface area contributed by atoms with Gasteiger partial charge in [-0.15, -0.1) is 0 Å². The van der Waals surface area contributed by atoms with Crippen LogP contribution in [-0.4, -0.2) is 112 Å². The minimum atomic E-state index is -2.60. The molecule has 4 rings (SSSR count). The standard InChI is InChI=1S/C36H63NO13Si/c1-19(38)37-22-25(45-31(40)33(5,6)7)24(50-51(15,16)34(8,9)10)21(18-42-30(39)32(2,3)4)43-28(22)41-17-20-23-26(47-35(11,12)46-23)27-29(44-20)49-36(13,14)48-27/h20-29H,17-18H2,1-16H3,(H,37,38)/t20-,21-,22-,23+,24-,25-,26+,27-,28-,29-/m1/s1. The van der Waals surface area contributed by atoms with Crippen LogP contribution in [0.25, 0.3) is 0 Å². The van der Waals surface area contributed by atoms with Gasteiger partial charge in [-0.25, -0.2) is 0 Å². The van der Waals surface area contributed by atoms with E-state index in [2.05, 4.69) is 39.2 Å². The average molecular weight is 746 g/mol. The second-order valence-electron chi connectivity index (χ2n) is 18.6. The molecule has 4 saturated heterocycles. The van der Waals surface area contributed by atoms with Crippen molar-refractivity contribution in [3.05, 3.63) is 0 Å². The fourth-order valence-electron chi connectivity index (χ4n) is 6.06. The second kappa shape index (κ2) is 14.5. The zero-order valence-corrected chi connectivity index (χ0v) is 34.5. The van der Waals surface area contributed by atoms with Gasteiger partial charge in [-0.3, -0.25) is 14.4 Å². The Hall–Kier alpha value is -1.69. The average Bonchev–Trinajstić information content (AvgIpc) is 3.44. The summed E-state index contributed by atoms with van der Waals surface area (Å²) >= 11 is 0. The van der Waals surface area contributed by atoms with Gasteiger partial charge in [0.05, 0.1) is 17.4 Å². The molecule has 10 atom stereocenters. The van der Waals surface area contributed by atoms with Crippen LogP contribution in [0.2, 0.25) is 18.1 Å². The maximum Gasteiger partial charge on any atom is 0.311 e. The highest BCUT2D eigenvalue weighted by atomic mass is 28.4. The van der Waals surface area contributed by atoms with E-state index in [9.17, 15) is 14.4 Å². The van der Waals surface area contributed by atoms with Crippen LogP contribution in [-0.2, 0) is 61.4 Å². The van der Waals surface area contributed by atoms with E-state index in [-0.39, 0.29) is 18.3 Å². The highest BCUT2D eigenvalue weighted by molar-refractivity contribution is 6.74. The van der Waals surface area contributed by atoms with Crippen molar-refractivity contribution in [1.82, 2.24) is 5.32 Å². The predicted octanol–water partition coefficient (Wildman–Crippen LogP) is 4.57. The summed E-state index contributed by atoms with van der Waals surface area (Å²) in [6.07, 6.45) is -7.25. The lowest BCUT2D eigenvalue weighted by molar-refractivity contribution is -0.294. The number of rotatable bonds is 9. The van der Waals surface area contributed by atoms with E-state index >= 15 is 0 Å². The van der Waals surface area contributed by atoms with Crippen molar-refractivity contribution in [1.29, 1.82) is 0 Å². The molecule has 4 heterocycles. The van der Waals surface area contributed by atoms with Gasteiger partial charge in [0.25, 0.3) is 0 Å². The van der Waals surface area contributed by atoms with E-state index in [0.29, 0.717) is 0 Å². The number of carbonyl (C=O) groups is 3. The summed E-state index contributed by atoms with van der Waals surface area (Å²) in [5.74, 6) is -3.19. The zero-order valence-electron chi connectivity index (χ0n) is 33.5. The van der Waals surface area contributed by atoms with E-state index in [1.54, 1.807) is 55.4 Å². The zero-order chi connectivity index (χ0) is 38.7. The molecule has 1 N–H and O–H groups in total. The van der Waals surface area contributed by atoms with Crippen molar-refractivity contribution in [3.63, 3.8) is 0 Å². The Morgan fingerprint density at radius 1 is 0.706 bits per heavy atom. The maximum absolute atomic E-state index is 13.6. The molecule has 51 heavy (non-hydrogen) atoms. The monoisotopic (exact) mass is 745 g/mol. The number of esters is 2. The maximum atomic E-state index is 13.6. The van der Waals surface area contributed by atoms with Crippen LogP contribution < -0.4 is 5.32 Å². The highest BCUT2D eigenvalue weighted by Crippen LogP contribution is 2.45. The van der Waals surface area contributed by atoms with Crippen LogP contribution in [0.4, 0.5) is 0 Å². The smallest absolute Gasteiger partial charge is 0.311 e. The summed E-state index contributed by atoms with van der Waals surface area (Å²) in [4.78, 5) is 39.4. The highest BCUT2D eigenvalue weighted by Gasteiger charge is 2.61. The van der Waals surface area contributed by atoms with E-state index in [0.717, 1.165) is 0 Å². The molecule has 0 radical (unpaired) electrons. The Labute approximate surface area is 304 Å². The summed E-state index contributed by atoms with van der Waals surface area (Å²) in [5, 5.41) is 2.67. The second-order valence-corrected chi connectivity index (χ2v) is 23.4. The van der Waals surface area contributed by atoms with E-state index in [4.69, 9.17) is 47.1 Å². The van der Waals surface area contributed by atoms with Crippen LogP contribution in [0, 0.1) is 10.8 Å². The molecule has 0 unspecified atom stereocenters. The van der Waals surface area contributed by atoms with E-state index in [1.807, 2.05) is 13.8 Å². The summed E-state index contributed by atoms with van der Waals surface area (Å²) in [7, 11) is -2.60. The molecule has 0 saturated carbocycles. The molecular formula is C36H63NO13Si. The normalized spacial score (nSPS) is 35.1. The van der Waals surface area contributed by atoms with Gasteiger partial charge >= 0.3 is 11.9 Å². The van der Waals surface area contributed by atoms with Crippen LogP contribution in [0.3, 0.4) is 0 Å². The lowest BCUT2D eigenvalue weighted by atomic mass is 9.93. The Morgan fingerprint density at radius 3 is 1.80 bits per heavy atom. The molecule has 294 valence electrons. The van der Waals surface area contributed by atoms with Gasteiger partial charge in [0.2, 0.25) is 5.91 Å². The topological polar surface area (TPSA) is 156 Å². The molecular weight excluding hydrogens is 682 g/mol. The molecule has 4 aliphatic rings. The Kier molecular flexibility index (Phi) is 12.0. The molecule has 0 aliphatic carbocycles. The first-order chi connectivity index (χ1) is 23.0. The quantitative estimate of drug-likeness (QED) is 0.259. The summed E-state index contributed by atoms with van der Waals surface area (Å²) in [6.45, 7) is 29.2. The SMILES string of the molecule is CC(=O)N[C@H]1[C@H](OC[C@H]2O[C@@H]3OC(C)(C)O[C@@H]3[C@H]3OC(C)(C)O[C@H]32)O[C@H](COC(=O)C(C)(C)C)[C@@H](O[Si](C)(C)C(C)(C)C)[C@@H]1OC(=O)C(C)(C)C. The van der Waals surface area contributed by atoms with Crippen molar-refractivity contribution in [2.24, 2.45) is 10.8 Å². The Morgan fingerprint density at radius 2 is 1.25 bits per heavy atom. The molecule has 0 aromatic heterocycles. The van der Waals surface area contributed by atoms with E-state index < -0.39 is 110 Å². The summed E-state index contributed by atoms with van der Waals surface area (Å²) in [5.41, 5.74) is -1.68. The molecule has 4 aliphatic heterocycles. The minimum Gasteiger partial charge on any atom is -0.462 e. The number of nitrogens with one attached hydrogen (secondary N) is 1. The number of hydrogen-bond donors (Lipinski definition) is 1. The predicted molar refractivity (Wildman–Crippen MR) is 187 cm³/mol. The third kappa shape index (κ3) is 9.90. The summed E-state index contributed by atoms with van der Waals surface area (Å²) in [6, 6.07) is -1.02. The molecule has 0 aromatic carbocycles. The van der Waals surface area contributed by atoms with Crippen LogP contribution in [0.5, 0.6) is 0 Å². The largest absolute Gasteiger partial charge is 0.462 e. The Balaban J connectivity index is 1.71. The molecule has 0 spiro atoms. The van der Waals surface area contributed by atoms with Crippen LogP contribution in [0.1, 0.15) is 96.9 Å². The number of amides is 1. The summed E-state index contributed by atoms with van der Waals surface area (Å²) < 4.78 is 63.2.